The molecule has 1 fully saturated rings. The van der Waals surface area contributed by atoms with E-state index in [2.05, 4.69) is 5.43 Å². The largest absolute Gasteiger partial charge is 0.461 e. The molecule has 3 amide bonds. The van der Waals surface area contributed by atoms with Crippen LogP contribution in [-0.2, 0) is 23.9 Å². The van der Waals surface area contributed by atoms with Gasteiger partial charge in [-0.1, -0.05) is 23.2 Å². The number of anilines is 1. The Hall–Kier alpha value is -2.58. The zero-order valence-electron chi connectivity index (χ0n) is 14.4. The van der Waals surface area contributed by atoms with Gasteiger partial charge in [0, 0.05) is 6.92 Å². The van der Waals surface area contributed by atoms with Crippen molar-refractivity contribution in [2.75, 3.05) is 11.5 Å². The summed E-state index contributed by atoms with van der Waals surface area (Å²) in [4.78, 5) is 50.9. The van der Waals surface area contributed by atoms with Crippen molar-refractivity contribution in [3.63, 3.8) is 0 Å². The third-order valence-electron chi connectivity index (χ3n) is 4.23. The lowest BCUT2D eigenvalue weighted by Crippen LogP contribution is -2.56. The number of ether oxygens (including phenoxy) is 1. The Morgan fingerprint density at radius 1 is 1.26 bits per heavy atom. The highest BCUT2D eigenvalue weighted by Crippen LogP contribution is 2.39. The maximum Gasteiger partial charge on any atom is 0.355 e. The Morgan fingerprint density at radius 2 is 1.96 bits per heavy atom. The minimum atomic E-state index is -1.66. The number of nitrogens with one attached hydrogen (secondary N) is 1. The Kier molecular flexibility index (Phi) is 4.88. The molecule has 2 aliphatic rings. The third kappa shape index (κ3) is 3.04. The van der Waals surface area contributed by atoms with Gasteiger partial charge in [0.2, 0.25) is 11.8 Å². The number of imide groups is 1. The van der Waals surface area contributed by atoms with Crippen LogP contribution in [0.15, 0.2) is 30.0 Å². The van der Waals surface area contributed by atoms with Crippen LogP contribution in [0.3, 0.4) is 0 Å². The highest BCUT2D eigenvalue weighted by molar-refractivity contribution is 6.42. The molecule has 0 radical (unpaired) electrons. The number of halogens is 2. The van der Waals surface area contributed by atoms with Crippen molar-refractivity contribution >= 4 is 52.6 Å². The van der Waals surface area contributed by atoms with Crippen LogP contribution in [0.5, 0.6) is 0 Å². The molecule has 1 spiro atoms. The average molecular weight is 412 g/mol. The normalized spacial score (nSPS) is 21.6. The predicted octanol–water partition coefficient (Wildman–Crippen LogP) is 1.81. The van der Waals surface area contributed by atoms with E-state index in [9.17, 15) is 19.2 Å². The Bertz CT molecular complexity index is 901. The van der Waals surface area contributed by atoms with Gasteiger partial charge in [-0.25, -0.2) is 14.7 Å². The van der Waals surface area contributed by atoms with Crippen LogP contribution in [0.1, 0.15) is 20.3 Å². The first-order chi connectivity index (χ1) is 12.7. The quantitative estimate of drug-likeness (QED) is 0.601. The molecule has 3 rings (SSSR count). The highest BCUT2D eigenvalue weighted by atomic mass is 35.5. The van der Waals surface area contributed by atoms with E-state index in [4.69, 9.17) is 27.9 Å². The molecule has 2 aliphatic heterocycles. The fourth-order valence-electron chi connectivity index (χ4n) is 3.09. The first-order valence-electron chi connectivity index (χ1n) is 8.01. The average Bonchev–Trinajstić information content (AvgIpc) is 3.10. The van der Waals surface area contributed by atoms with Crippen molar-refractivity contribution < 1.29 is 23.9 Å². The summed E-state index contributed by atoms with van der Waals surface area (Å²) < 4.78 is 4.91. The van der Waals surface area contributed by atoms with E-state index in [1.54, 1.807) is 6.92 Å². The van der Waals surface area contributed by atoms with Gasteiger partial charge in [0.05, 0.1) is 28.8 Å². The van der Waals surface area contributed by atoms with E-state index in [1.165, 1.54) is 31.2 Å². The molecule has 2 heterocycles. The molecule has 0 unspecified atom stereocenters. The first kappa shape index (κ1) is 19.2. The van der Waals surface area contributed by atoms with Gasteiger partial charge in [-0.05, 0) is 31.2 Å². The summed E-state index contributed by atoms with van der Waals surface area (Å²) >= 11 is 11.9. The molecule has 1 aromatic carbocycles. The molecule has 0 bridgehead atoms. The molecule has 27 heavy (non-hydrogen) atoms. The summed E-state index contributed by atoms with van der Waals surface area (Å²) in [5.74, 6) is -2.50. The van der Waals surface area contributed by atoms with Crippen molar-refractivity contribution in [1.29, 1.82) is 0 Å². The number of amides is 3. The zero-order valence-corrected chi connectivity index (χ0v) is 15.9. The second-order valence-electron chi connectivity index (χ2n) is 5.98. The Morgan fingerprint density at radius 3 is 2.56 bits per heavy atom. The number of hydrogen-bond donors (Lipinski definition) is 1. The number of carbonyl (C=O) groups is 4. The van der Waals surface area contributed by atoms with Gasteiger partial charge in [-0.3, -0.25) is 19.8 Å². The molecule has 1 saturated heterocycles. The van der Waals surface area contributed by atoms with Crippen molar-refractivity contribution in [2.45, 2.75) is 25.8 Å². The lowest BCUT2D eigenvalue weighted by molar-refractivity contribution is -0.144. The molecule has 1 aromatic rings. The lowest BCUT2D eigenvalue weighted by Gasteiger charge is -2.30. The maximum absolute atomic E-state index is 13.2. The minimum absolute atomic E-state index is 0.0795. The number of nitrogens with zero attached hydrogens (tertiary/aromatic N) is 2. The minimum Gasteiger partial charge on any atom is -0.461 e. The van der Waals surface area contributed by atoms with Crippen molar-refractivity contribution in [3.8, 4) is 0 Å². The number of hydrazine groups is 1. The summed E-state index contributed by atoms with van der Waals surface area (Å²) in [7, 11) is 0. The fourth-order valence-corrected chi connectivity index (χ4v) is 3.39. The second-order valence-corrected chi connectivity index (χ2v) is 6.79. The topological polar surface area (TPSA) is 96.0 Å². The van der Waals surface area contributed by atoms with Gasteiger partial charge < -0.3 is 4.74 Å². The van der Waals surface area contributed by atoms with Crippen molar-refractivity contribution in [3.05, 3.63) is 40.0 Å². The summed E-state index contributed by atoms with van der Waals surface area (Å²) in [6.45, 7) is 2.96. The lowest BCUT2D eigenvalue weighted by atomic mass is 9.96. The van der Waals surface area contributed by atoms with Gasteiger partial charge in [0.25, 0.3) is 5.91 Å². The zero-order chi connectivity index (χ0) is 19.9. The van der Waals surface area contributed by atoms with Gasteiger partial charge in [-0.15, -0.1) is 0 Å². The molecule has 142 valence electrons. The van der Waals surface area contributed by atoms with Gasteiger partial charge in [0.15, 0.2) is 5.54 Å². The van der Waals surface area contributed by atoms with E-state index >= 15 is 0 Å². The van der Waals surface area contributed by atoms with Crippen LogP contribution in [0.25, 0.3) is 0 Å². The van der Waals surface area contributed by atoms with E-state index in [0.717, 1.165) is 9.91 Å². The number of rotatable bonds is 3. The summed E-state index contributed by atoms with van der Waals surface area (Å²) in [5, 5.41) is 1.41. The summed E-state index contributed by atoms with van der Waals surface area (Å²) in [6.07, 6.45) is 0.922. The van der Waals surface area contributed by atoms with E-state index in [0.29, 0.717) is 0 Å². The summed E-state index contributed by atoms with van der Waals surface area (Å²) in [5.41, 5.74) is 1.06. The predicted molar refractivity (Wildman–Crippen MR) is 96.7 cm³/mol. The molecular weight excluding hydrogens is 397 g/mol. The van der Waals surface area contributed by atoms with Crippen LogP contribution < -0.4 is 10.3 Å². The molecule has 1 atom stereocenters. The van der Waals surface area contributed by atoms with E-state index in [-0.39, 0.29) is 34.5 Å². The number of hydrogen-bond acceptors (Lipinski definition) is 6. The highest BCUT2D eigenvalue weighted by Gasteiger charge is 2.59. The number of benzene rings is 1. The molecule has 8 nitrogen and oxygen atoms in total. The van der Waals surface area contributed by atoms with E-state index in [1.807, 2.05) is 0 Å². The SMILES string of the molecule is CCOC(=O)C1=C[C@@]2(CC(=O)N(c3ccc(Cl)c(Cl)c3)C2=O)N(C(C)=O)N1. The van der Waals surface area contributed by atoms with Crippen LogP contribution in [0.2, 0.25) is 10.0 Å². The number of carbonyl (C=O) groups excluding carboxylic acids is 4. The molecule has 10 heteroatoms. The van der Waals surface area contributed by atoms with Gasteiger partial charge in [-0.2, -0.15) is 0 Å². The Balaban J connectivity index is 2.04. The Labute approximate surface area is 164 Å². The second kappa shape index (κ2) is 6.86. The van der Waals surface area contributed by atoms with Crippen molar-refractivity contribution in [2.24, 2.45) is 0 Å². The van der Waals surface area contributed by atoms with Gasteiger partial charge >= 0.3 is 5.97 Å². The first-order valence-corrected chi connectivity index (χ1v) is 8.76. The smallest absolute Gasteiger partial charge is 0.355 e. The van der Waals surface area contributed by atoms with E-state index < -0.39 is 29.2 Å². The fraction of sp³-hybridized carbons (Fsp3) is 0.294. The monoisotopic (exact) mass is 411 g/mol. The third-order valence-corrected chi connectivity index (χ3v) is 4.97. The van der Waals surface area contributed by atoms with Crippen LogP contribution in [-0.4, -0.2) is 40.8 Å². The van der Waals surface area contributed by atoms with Crippen LogP contribution in [0, 0.1) is 0 Å². The molecule has 0 saturated carbocycles. The molecule has 1 N–H and O–H groups in total. The standard InChI is InChI=1S/C17H15Cl2N3O5/c1-3-27-15(25)13-7-17(22(20-13)9(2)23)8-14(24)21(16(17)26)10-4-5-11(18)12(19)6-10/h4-7,20H,3,8H2,1-2H3/t17-/m0/s1. The maximum atomic E-state index is 13.2. The van der Waals surface area contributed by atoms with Crippen LogP contribution >= 0.6 is 23.2 Å². The molecular formula is C17H15Cl2N3O5. The molecule has 0 aliphatic carbocycles. The number of esters is 1. The van der Waals surface area contributed by atoms with Crippen LogP contribution in [0.4, 0.5) is 5.69 Å². The summed E-state index contributed by atoms with van der Waals surface area (Å²) in [6, 6.07) is 4.31. The molecule has 0 aromatic heterocycles. The van der Waals surface area contributed by atoms with Gasteiger partial charge in [0.1, 0.15) is 5.70 Å². The van der Waals surface area contributed by atoms with Crippen molar-refractivity contribution in [1.82, 2.24) is 10.4 Å².